The normalized spacial score (nSPS) is 22.9. The van der Waals surface area contributed by atoms with E-state index in [4.69, 9.17) is 0 Å². The van der Waals surface area contributed by atoms with Crippen LogP contribution in [0, 0.1) is 11.8 Å². The third kappa shape index (κ3) is 4.90. The SMILES string of the molecule is O=C(NCc1ccccn1)C1CCN(C[C@H]2CC=CCC2)CC1. The molecule has 0 spiro atoms. The van der Waals surface area contributed by atoms with Crippen molar-refractivity contribution in [3.63, 3.8) is 0 Å². The predicted octanol–water partition coefficient (Wildman–Crippen LogP) is 2.77. The summed E-state index contributed by atoms with van der Waals surface area (Å²) in [4.78, 5) is 19.1. The minimum absolute atomic E-state index is 0.168. The summed E-state index contributed by atoms with van der Waals surface area (Å²) in [5.41, 5.74) is 0.920. The number of allylic oxidation sites excluding steroid dienone is 2. The van der Waals surface area contributed by atoms with Crippen LogP contribution in [0.15, 0.2) is 36.5 Å². The monoisotopic (exact) mass is 313 g/mol. The van der Waals surface area contributed by atoms with Gasteiger partial charge < -0.3 is 10.2 Å². The summed E-state index contributed by atoms with van der Waals surface area (Å²) in [7, 11) is 0. The summed E-state index contributed by atoms with van der Waals surface area (Å²) < 4.78 is 0. The molecule has 0 aromatic carbocycles. The highest BCUT2D eigenvalue weighted by Gasteiger charge is 2.26. The van der Waals surface area contributed by atoms with Crippen molar-refractivity contribution in [1.82, 2.24) is 15.2 Å². The first-order valence-electron chi connectivity index (χ1n) is 8.86. The molecule has 0 bridgehead atoms. The average Bonchev–Trinajstić information content (AvgIpc) is 2.62. The number of carbonyl (C=O) groups is 1. The fourth-order valence-electron chi connectivity index (χ4n) is 3.59. The number of hydrogen-bond donors (Lipinski definition) is 1. The van der Waals surface area contributed by atoms with E-state index in [9.17, 15) is 4.79 Å². The van der Waals surface area contributed by atoms with E-state index in [1.54, 1.807) is 6.20 Å². The van der Waals surface area contributed by atoms with Crippen LogP contribution in [0.5, 0.6) is 0 Å². The molecular formula is C19H27N3O. The lowest BCUT2D eigenvalue weighted by molar-refractivity contribution is -0.126. The Morgan fingerprint density at radius 2 is 2.09 bits per heavy atom. The molecule has 1 aromatic heterocycles. The van der Waals surface area contributed by atoms with Crippen molar-refractivity contribution < 1.29 is 4.79 Å². The number of rotatable bonds is 5. The Bertz CT molecular complexity index is 521. The van der Waals surface area contributed by atoms with E-state index in [0.29, 0.717) is 6.54 Å². The van der Waals surface area contributed by atoms with E-state index < -0.39 is 0 Å². The topological polar surface area (TPSA) is 45.2 Å². The summed E-state index contributed by atoms with van der Waals surface area (Å²) in [6.07, 6.45) is 12.1. The van der Waals surface area contributed by atoms with E-state index in [0.717, 1.165) is 37.5 Å². The lowest BCUT2D eigenvalue weighted by Crippen LogP contribution is -2.42. The second-order valence-electron chi connectivity index (χ2n) is 6.76. The van der Waals surface area contributed by atoms with E-state index in [1.165, 1.54) is 25.8 Å². The Morgan fingerprint density at radius 1 is 1.22 bits per heavy atom. The second-order valence-corrected chi connectivity index (χ2v) is 6.76. The zero-order valence-electron chi connectivity index (χ0n) is 13.8. The Labute approximate surface area is 139 Å². The van der Waals surface area contributed by atoms with Crippen molar-refractivity contribution >= 4 is 5.91 Å². The first-order chi connectivity index (χ1) is 11.3. The summed E-state index contributed by atoms with van der Waals surface area (Å²) in [6.45, 7) is 3.85. The number of nitrogens with one attached hydrogen (secondary N) is 1. The van der Waals surface area contributed by atoms with Crippen molar-refractivity contribution in [2.24, 2.45) is 11.8 Å². The molecule has 0 radical (unpaired) electrons. The van der Waals surface area contributed by atoms with Gasteiger partial charge in [0.25, 0.3) is 0 Å². The molecule has 1 saturated heterocycles. The minimum atomic E-state index is 0.168. The average molecular weight is 313 g/mol. The zero-order valence-corrected chi connectivity index (χ0v) is 13.8. The zero-order chi connectivity index (χ0) is 15.9. The Morgan fingerprint density at radius 3 is 2.78 bits per heavy atom. The molecule has 2 heterocycles. The van der Waals surface area contributed by atoms with E-state index >= 15 is 0 Å². The number of nitrogens with zero attached hydrogens (tertiary/aromatic N) is 2. The molecule has 3 rings (SSSR count). The van der Waals surface area contributed by atoms with Crippen LogP contribution in [0.1, 0.15) is 37.8 Å². The maximum Gasteiger partial charge on any atom is 0.223 e. The third-order valence-electron chi connectivity index (χ3n) is 5.02. The van der Waals surface area contributed by atoms with E-state index in [2.05, 4.69) is 27.4 Å². The Balaban J connectivity index is 1.38. The highest BCUT2D eigenvalue weighted by molar-refractivity contribution is 5.78. The van der Waals surface area contributed by atoms with Crippen LogP contribution in [0.4, 0.5) is 0 Å². The molecular weight excluding hydrogens is 286 g/mol. The van der Waals surface area contributed by atoms with Gasteiger partial charge in [-0.1, -0.05) is 18.2 Å². The van der Waals surface area contributed by atoms with Gasteiger partial charge in [-0.3, -0.25) is 9.78 Å². The van der Waals surface area contributed by atoms with Crippen LogP contribution in [-0.4, -0.2) is 35.4 Å². The first-order valence-corrected chi connectivity index (χ1v) is 8.86. The molecule has 124 valence electrons. The van der Waals surface area contributed by atoms with Crippen LogP contribution >= 0.6 is 0 Å². The number of carbonyl (C=O) groups excluding carboxylic acids is 1. The van der Waals surface area contributed by atoms with Gasteiger partial charge in [0.15, 0.2) is 0 Å². The number of pyridine rings is 1. The van der Waals surface area contributed by atoms with Gasteiger partial charge in [0.1, 0.15) is 0 Å². The van der Waals surface area contributed by atoms with Crippen LogP contribution in [-0.2, 0) is 11.3 Å². The Kier molecular flexibility index (Phi) is 5.81. The molecule has 1 fully saturated rings. The first kappa shape index (κ1) is 16.2. The van der Waals surface area contributed by atoms with Crippen molar-refractivity contribution in [3.8, 4) is 0 Å². The van der Waals surface area contributed by atoms with Gasteiger partial charge in [-0.2, -0.15) is 0 Å². The number of amides is 1. The molecule has 23 heavy (non-hydrogen) atoms. The van der Waals surface area contributed by atoms with Crippen molar-refractivity contribution in [2.45, 2.75) is 38.6 Å². The van der Waals surface area contributed by atoms with Gasteiger partial charge in [0.05, 0.1) is 12.2 Å². The highest BCUT2D eigenvalue weighted by atomic mass is 16.1. The molecule has 1 aliphatic carbocycles. The smallest absolute Gasteiger partial charge is 0.223 e. The van der Waals surface area contributed by atoms with Crippen LogP contribution in [0.3, 0.4) is 0 Å². The second kappa shape index (κ2) is 8.25. The van der Waals surface area contributed by atoms with Crippen LogP contribution < -0.4 is 5.32 Å². The van der Waals surface area contributed by atoms with Gasteiger partial charge in [-0.05, 0) is 63.2 Å². The quantitative estimate of drug-likeness (QED) is 0.850. The fraction of sp³-hybridized carbons (Fsp3) is 0.579. The van der Waals surface area contributed by atoms with Crippen molar-refractivity contribution in [1.29, 1.82) is 0 Å². The summed E-state index contributed by atoms with van der Waals surface area (Å²) >= 11 is 0. The predicted molar refractivity (Wildman–Crippen MR) is 91.7 cm³/mol. The molecule has 4 heteroatoms. The summed E-state index contributed by atoms with van der Waals surface area (Å²) in [6, 6.07) is 5.79. The molecule has 4 nitrogen and oxygen atoms in total. The maximum absolute atomic E-state index is 12.3. The number of aromatic nitrogens is 1. The molecule has 1 amide bonds. The highest BCUT2D eigenvalue weighted by Crippen LogP contribution is 2.23. The Hall–Kier alpha value is -1.68. The fourth-order valence-corrected chi connectivity index (χ4v) is 3.59. The van der Waals surface area contributed by atoms with Crippen molar-refractivity contribution in [3.05, 3.63) is 42.2 Å². The maximum atomic E-state index is 12.3. The van der Waals surface area contributed by atoms with Crippen LogP contribution in [0.2, 0.25) is 0 Å². The van der Waals surface area contributed by atoms with Gasteiger partial charge in [0, 0.05) is 18.7 Å². The van der Waals surface area contributed by atoms with E-state index in [1.807, 2.05) is 18.2 Å². The molecule has 0 saturated carbocycles. The molecule has 2 aliphatic rings. The summed E-state index contributed by atoms with van der Waals surface area (Å²) in [5.74, 6) is 1.17. The standard InChI is InChI=1S/C19H27N3O/c23-19(21-14-18-8-4-5-11-20-18)17-9-12-22(13-10-17)15-16-6-2-1-3-7-16/h1-2,4-5,8,11,16-17H,3,6-7,9-10,12-15H2,(H,21,23)/t16-/m0/s1. The van der Waals surface area contributed by atoms with Gasteiger partial charge in [0.2, 0.25) is 5.91 Å². The molecule has 1 N–H and O–H groups in total. The van der Waals surface area contributed by atoms with Gasteiger partial charge in [-0.15, -0.1) is 0 Å². The summed E-state index contributed by atoms with van der Waals surface area (Å²) in [5, 5.41) is 3.04. The van der Waals surface area contributed by atoms with Gasteiger partial charge in [-0.25, -0.2) is 0 Å². The van der Waals surface area contributed by atoms with E-state index in [-0.39, 0.29) is 11.8 Å². The van der Waals surface area contributed by atoms with Gasteiger partial charge >= 0.3 is 0 Å². The number of likely N-dealkylation sites (tertiary alicyclic amines) is 1. The largest absolute Gasteiger partial charge is 0.350 e. The molecule has 1 atom stereocenters. The lowest BCUT2D eigenvalue weighted by Gasteiger charge is -2.34. The van der Waals surface area contributed by atoms with Crippen LogP contribution in [0.25, 0.3) is 0 Å². The third-order valence-corrected chi connectivity index (χ3v) is 5.02. The van der Waals surface area contributed by atoms with Crippen molar-refractivity contribution in [2.75, 3.05) is 19.6 Å². The number of hydrogen-bond acceptors (Lipinski definition) is 3. The molecule has 1 aromatic rings. The molecule has 0 unspecified atom stereocenters. The molecule has 1 aliphatic heterocycles. The lowest BCUT2D eigenvalue weighted by atomic mass is 9.91. The minimum Gasteiger partial charge on any atom is -0.350 e. The number of piperidine rings is 1.